The summed E-state index contributed by atoms with van der Waals surface area (Å²) in [5, 5.41) is 9.66. The van der Waals surface area contributed by atoms with Crippen LogP contribution in [-0.2, 0) is 19.1 Å². The molecule has 1 atom stereocenters. The van der Waals surface area contributed by atoms with Crippen molar-refractivity contribution in [1.29, 1.82) is 0 Å². The number of esters is 2. The minimum Gasteiger partial charge on any atom is -0.462 e. The molecule has 1 N–H and O–H groups in total. The molecule has 0 aromatic carbocycles. The van der Waals surface area contributed by atoms with Crippen molar-refractivity contribution in [3.8, 4) is 0 Å². The zero-order valence-electron chi connectivity index (χ0n) is 45.4. The zero-order chi connectivity index (χ0) is 49.2. The summed E-state index contributed by atoms with van der Waals surface area (Å²) in [4.78, 5) is 24.6. The van der Waals surface area contributed by atoms with Crippen LogP contribution >= 0.6 is 0 Å². The van der Waals surface area contributed by atoms with E-state index in [-0.39, 0.29) is 25.2 Å². The van der Waals surface area contributed by atoms with Gasteiger partial charge in [0.25, 0.3) is 0 Å². The molecule has 0 spiro atoms. The van der Waals surface area contributed by atoms with Gasteiger partial charge in [-0.2, -0.15) is 0 Å². The first-order valence-corrected chi connectivity index (χ1v) is 29.8. The Balaban J connectivity index is 3.45. The fourth-order valence-corrected chi connectivity index (χ4v) is 8.88. The third-order valence-electron chi connectivity index (χ3n) is 13.3. The van der Waals surface area contributed by atoms with Crippen LogP contribution < -0.4 is 0 Å². The van der Waals surface area contributed by atoms with E-state index in [2.05, 4.69) is 74.6 Å². The number of unbranched alkanes of at least 4 members (excludes halogenated alkanes) is 37. The first-order chi connectivity index (χ1) is 33.6. The van der Waals surface area contributed by atoms with Gasteiger partial charge in [-0.15, -0.1) is 0 Å². The van der Waals surface area contributed by atoms with E-state index in [0.717, 1.165) is 70.6 Å². The quantitative estimate of drug-likeness (QED) is 0.0374. The van der Waals surface area contributed by atoms with Crippen LogP contribution in [0.25, 0.3) is 0 Å². The number of carbonyl (C=O) groups excluding carboxylic acids is 2. The standard InChI is InChI=1S/C63H114O5/c1-3-5-7-9-11-13-15-17-19-21-23-25-27-29-30-31-32-34-35-37-39-41-43-45-47-49-51-53-55-57-62(65)67-60-61(59-64)68-63(66)58-56-54-52-50-48-46-44-42-40-38-36-33-28-26-24-22-20-18-16-14-12-10-8-6-4-2/h6,8,12,14,18,20,24,26,33,36,61,64H,3-5,7,9-11,13,15-17,19,21-23,25,27-32,34-35,37-60H2,1-2H3/b8-6-,14-12-,20-18-,26-24-,36-33-. The molecule has 0 aromatic heterocycles. The zero-order valence-corrected chi connectivity index (χ0v) is 45.4. The summed E-state index contributed by atoms with van der Waals surface area (Å²) < 4.78 is 10.7. The van der Waals surface area contributed by atoms with Gasteiger partial charge in [-0.3, -0.25) is 9.59 Å². The normalized spacial score (nSPS) is 12.6. The van der Waals surface area contributed by atoms with E-state index < -0.39 is 6.10 Å². The lowest BCUT2D eigenvalue weighted by molar-refractivity contribution is -0.161. The molecule has 0 aliphatic carbocycles. The van der Waals surface area contributed by atoms with E-state index in [0.29, 0.717) is 12.8 Å². The minimum absolute atomic E-state index is 0.0665. The molecule has 0 aliphatic heterocycles. The highest BCUT2D eigenvalue weighted by Crippen LogP contribution is 2.18. The smallest absolute Gasteiger partial charge is 0.306 e. The second-order valence-electron chi connectivity index (χ2n) is 20.1. The van der Waals surface area contributed by atoms with Gasteiger partial charge in [0.15, 0.2) is 6.10 Å². The Bertz CT molecular complexity index is 1170. The Labute approximate surface area is 423 Å². The molecule has 0 amide bonds. The molecule has 0 fully saturated rings. The lowest BCUT2D eigenvalue weighted by atomic mass is 10.0. The number of rotatable bonds is 55. The summed E-state index contributed by atoms with van der Waals surface area (Å²) in [5.41, 5.74) is 0. The van der Waals surface area contributed by atoms with E-state index in [9.17, 15) is 14.7 Å². The molecule has 0 aromatic rings. The van der Waals surface area contributed by atoms with Crippen molar-refractivity contribution in [3.63, 3.8) is 0 Å². The number of carbonyl (C=O) groups is 2. The maximum Gasteiger partial charge on any atom is 0.306 e. The highest BCUT2D eigenvalue weighted by molar-refractivity contribution is 5.70. The maximum absolute atomic E-state index is 12.3. The Hall–Kier alpha value is -2.40. The van der Waals surface area contributed by atoms with Crippen LogP contribution in [0, 0.1) is 0 Å². The average Bonchev–Trinajstić information content (AvgIpc) is 3.34. The highest BCUT2D eigenvalue weighted by Gasteiger charge is 2.16. The number of aliphatic hydroxyl groups excluding tert-OH is 1. The number of hydrogen-bond donors (Lipinski definition) is 1. The van der Waals surface area contributed by atoms with E-state index in [1.165, 1.54) is 212 Å². The van der Waals surface area contributed by atoms with Gasteiger partial charge in [-0.05, 0) is 57.8 Å². The van der Waals surface area contributed by atoms with Crippen molar-refractivity contribution in [2.75, 3.05) is 13.2 Å². The van der Waals surface area contributed by atoms with Crippen molar-refractivity contribution < 1.29 is 24.2 Å². The average molecular weight is 952 g/mol. The van der Waals surface area contributed by atoms with Gasteiger partial charge in [0.05, 0.1) is 6.61 Å². The van der Waals surface area contributed by atoms with Crippen molar-refractivity contribution in [2.24, 2.45) is 0 Å². The molecule has 0 aliphatic rings. The van der Waals surface area contributed by atoms with Crippen molar-refractivity contribution in [2.45, 2.75) is 315 Å². The summed E-state index contributed by atoms with van der Waals surface area (Å²) in [7, 11) is 0. The summed E-state index contributed by atoms with van der Waals surface area (Å²) in [6.45, 7) is 4.06. The molecule has 0 bridgehead atoms. The summed E-state index contributed by atoms with van der Waals surface area (Å²) in [6.07, 6.45) is 79.2. The Morgan fingerprint density at radius 2 is 0.632 bits per heavy atom. The largest absolute Gasteiger partial charge is 0.462 e. The molecule has 0 saturated carbocycles. The Kier molecular flexibility index (Phi) is 56.8. The lowest BCUT2D eigenvalue weighted by Gasteiger charge is -2.15. The predicted molar refractivity (Wildman–Crippen MR) is 297 cm³/mol. The molecule has 0 radical (unpaired) electrons. The van der Waals surface area contributed by atoms with E-state index >= 15 is 0 Å². The fourth-order valence-electron chi connectivity index (χ4n) is 8.88. The molecule has 0 rings (SSSR count). The van der Waals surface area contributed by atoms with Crippen LogP contribution in [0.5, 0.6) is 0 Å². The number of hydrogen-bond acceptors (Lipinski definition) is 5. The molecular weight excluding hydrogens is 837 g/mol. The minimum atomic E-state index is -0.777. The molecule has 68 heavy (non-hydrogen) atoms. The van der Waals surface area contributed by atoms with E-state index in [1.54, 1.807) is 0 Å². The van der Waals surface area contributed by atoms with E-state index in [1.807, 2.05) is 0 Å². The SMILES string of the molecule is CC/C=C\C/C=C\C/C=C\C/C=C\C/C=C\CCCCCCCCCCCC(=O)OC(CO)COC(=O)CCCCCCCCCCCCCCCCCCCCCCCCCCCCCCC. The van der Waals surface area contributed by atoms with Crippen molar-refractivity contribution in [1.82, 2.24) is 0 Å². The molecular formula is C63H114O5. The molecule has 0 saturated heterocycles. The Morgan fingerprint density at radius 1 is 0.353 bits per heavy atom. The van der Waals surface area contributed by atoms with Gasteiger partial charge in [-0.1, -0.05) is 299 Å². The molecule has 1 unspecified atom stereocenters. The van der Waals surface area contributed by atoms with Crippen LogP contribution in [0.3, 0.4) is 0 Å². The number of allylic oxidation sites excluding steroid dienone is 10. The number of ether oxygens (including phenoxy) is 2. The van der Waals surface area contributed by atoms with Crippen LogP contribution in [0.15, 0.2) is 60.8 Å². The molecule has 5 heteroatoms. The second-order valence-corrected chi connectivity index (χ2v) is 20.1. The van der Waals surface area contributed by atoms with Crippen LogP contribution in [0.1, 0.15) is 309 Å². The molecule has 396 valence electrons. The van der Waals surface area contributed by atoms with Gasteiger partial charge < -0.3 is 14.6 Å². The molecule has 0 heterocycles. The van der Waals surface area contributed by atoms with Gasteiger partial charge in [0.1, 0.15) is 6.61 Å². The predicted octanol–water partition coefficient (Wildman–Crippen LogP) is 20.2. The van der Waals surface area contributed by atoms with E-state index in [4.69, 9.17) is 9.47 Å². The van der Waals surface area contributed by atoms with Crippen LogP contribution in [0.2, 0.25) is 0 Å². The van der Waals surface area contributed by atoms with Gasteiger partial charge in [-0.25, -0.2) is 0 Å². The van der Waals surface area contributed by atoms with Crippen LogP contribution in [0.4, 0.5) is 0 Å². The fraction of sp³-hybridized carbons (Fsp3) is 0.810. The van der Waals surface area contributed by atoms with Crippen molar-refractivity contribution in [3.05, 3.63) is 60.8 Å². The third-order valence-corrected chi connectivity index (χ3v) is 13.3. The molecule has 5 nitrogen and oxygen atoms in total. The topological polar surface area (TPSA) is 72.8 Å². The number of aliphatic hydroxyl groups is 1. The van der Waals surface area contributed by atoms with Gasteiger partial charge in [0, 0.05) is 12.8 Å². The first-order valence-electron chi connectivity index (χ1n) is 29.8. The van der Waals surface area contributed by atoms with Crippen LogP contribution in [-0.4, -0.2) is 36.4 Å². The summed E-state index contributed by atoms with van der Waals surface area (Å²) in [5.74, 6) is -0.585. The lowest BCUT2D eigenvalue weighted by Crippen LogP contribution is -2.28. The monoisotopic (exact) mass is 951 g/mol. The highest BCUT2D eigenvalue weighted by atomic mass is 16.6. The second kappa shape index (κ2) is 58.9. The van der Waals surface area contributed by atoms with Gasteiger partial charge in [0.2, 0.25) is 0 Å². The first kappa shape index (κ1) is 65.6. The summed E-state index contributed by atoms with van der Waals surface area (Å²) >= 11 is 0. The maximum atomic E-state index is 12.3. The Morgan fingerprint density at radius 3 is 0.956 bits per heavy atom. The van der Waals surface area contributed by atoms with Crippen molar-refractivity contribution >= 4 is 11.9 Å². The third kappa shape index (κ3) is 56.2. The summed E-state index contributed by atoms with van der Waals surface area (Å²) in [6, 6.07) is 0. The van der Waals surface area contributed by atoms with Gasteiger partial charge >= 0.3 is 11.9 Å².